The van der Waals surface area contributed by atoms with E-state index in [1.165, 1.54) is 48.5 Å². The molecule has 0 saturated carbocycles. The lowest BCUT2D eigenvalue weighted by Crippen LogP contribution is -2.64. The number of rotatable bonds is 7. The zero-order valence-electron chi connectivity index (χ0n) is 20.1. The minimum Gasteiger partial charge on any atom is -0.390 e. The molecule has 6 heteroatoms. The number of hydrogen-bond donors (Lipinski definition) is 4. The molecule has 0 aliphatic carbocycles. The van der Waals surface area contributed by atoms with Gasteiger partial charge in [0.15, 0.2) is 5.60 Å². The summed E-state index contributed by atoms with van der Waals surface area (Å²) in [6.45, 7) is 0. The van der Waals surface area contributed by atoms with Crippen LogP contribution in [0, 0.1) is 0 Å². The van der Waals surface area contributed by atoms with Gasteiger partial charge in [-0.05, 0) is 16.7 Å². The van der Waals surface area contributed by atoms with Crippen LogP contribution >= 0.6 is 0 Å². The van der Waals surface area contributed by atoms with Crippen molar-refractivity contribution in [3.8, 4) is 0 Å². The topological polar surface area (TPSA) is 90.2 Å². The lowest BCUT2D eigenvalue weighted by Gasteiger charge is -2.38. The van der Waals surface area contributed by atoms with Gasteiger partial charge < -0.3 is 25.2 Å². The molecule has 1 aliphatic rings. The average Bonchev–Trinajstić information content (AvgIpc) is 3.07. The molecule has 3 aromatic rings. The van der Waals surface area contributed by atoms with Crippen LogP contribution in [0.5, 0.6) is 0 Å². The second kappa shape index (κ2) is 8.73. The number of hydrogen-bond acceptors (Lipinski definition) is 5. The highest BCUT2D eigenvalue weighted by Crippen LogP contribution is 2.50. The van der Waals surface area contributed by atoms with Crippen molar-refractivity contribution < 1.29 is 33.7 Å². The van der Waals surface area contributed by atoms with Crippen molar-refractivity contribution in [2.24, 2.45) is 0 Å². The summed E-state index contributed by atoms with van der Waals surface area (Å²) in [5.74, 6) is -7.47. The summed E-state index contributed by atoms with van der Waals surface area (Å²) in [4.78, 5) is 0. The fourth-order valence-corrected chi connectivity index (χ4v) is 3.90. The van der Waals surface area contributed by atoms with Gasteiger partial charge in [0, 0.05) is 23.3 Å². The molecule has 0 aromatic heterocycles. The molecule has 0 radical (unpaired) electrons. The van der Waals surface area contributed by atoms with Crippen LogP contribution < -0.4 is 0 Å². The summed E-state index contributed by atoms with van der Waals surface area (Å²) in [5, 5.41) is 45.1. The third-order valence-electron chi connectivity index (χ3n) is 5.57. The summed E-state index contributed by atoms with van der Waals surface area (Å²) >= 11 is 0. The van der Waals surface area contributed by atoms with Gasteiger partial charge in [0.1, 0.15) is 6.10 Å². The quantitative estimate of drug-likeness (QED) is 0.453. The summed E-state index contributed by atoms with van der Waals surface area (Å²) < 4.78 is 47.5. The fraction of sp³-hybridized carbons (Fsp3) is 0.308. The van der Waals surface area contributed by atoms with E-state index in [0.29, 0.717) is 5.56 Å². The molecule has 8 atom stereocenters. The minimum absolute atomic E-state index is 0.0651. The Morgan fingerprint density at radius 1 is 0.781 bits per heavy atom. The van der Waals surface area contributed by atoms with Gasteiger partial charge >= 0.3 is 0 Å². The first-order valence-corrected chi connectivity index (χ1v) is 10.2. The summed E-state index contributed by atoms with van der Waals surface area (Å²) in [6.07, 6.45) is -9.55. The second-order valence-electron chi connectivity index (χ2n) is 7.86. The van der Waals surface area contributed by atoms with Crippen LogP contribution in [0.1, 0.15) is 20.8 Å². The SMILES string of the molecule is [2H]C(c1ccccc1)C(O)[C@H]1OC(O)(C([2H])c2ccccc2)[C@](O)(F)[C@@]1(O)C([2H])c1ccccc1. The van der Waals surface area contributed by atoms with Gasteiger partial charge in [0.25, 0.3) is 5.85 Å². The molecular weight excluding hydrogens is 411 g/mol. The molecular formula is C26H27FO5. The number of halogens is 1. The van der Waals surface area contributed by atoms with Crippen molar-refractivity contribution >= 4 is 0 Å². The molecule has 0 bridgehead atoms. The Kier molecular flexibility index (Phi) is 5.16. The Balaban J connectivity index is 1.84. The number of aliphatic hydroxyl groups excluding tert-OH is 1. The molecule has 3 aromatic carbocycles. The first-order valence-electron chi connectivity index (χ1n) is 11.9. The maximum Gasteiger partial charge on any atom is 0.293 e. The summed E-state index contributed by atoms with van der Waals surface area (Å²) in [5.41, 5.74) is -2.82. The van der Waals surface area contributed by atoms with E-state index in [4.69, 9.17) is 8.85 Å². The van der Waals surface area contributed by atoms with Crippen molar-refractivity contribution in [3.63, 3.8) is 0 Å². The molecule has 1 aliphatic heterocycles. The highest BCUT2D eigenvalue weighted by Gasteiger charge is 2.75. The van der Waals surface area contributed by atoms with Crippen LogP contribution in [0.25, 0.3) is 0 Å². The van der Waals surface area contributed by atoms with E-state index in [1.807, 2.05) is 0 Å². The molecule has 32 heavy (non-hydrogen) atoms. The molecule has 1 saturated heterocycles. The molecule has 5 unspecified atom stereocenters. The number of ether oxygens (including phenoxy) is 1. The predicted molar refractivity (Wildman–Crippen MR) is 117 cm³/mol. The van der Waals surface area contributed by atoms with Crippen molar-refractivity contribution in [3.05, 3.63) is 108 Å². The number of alkyl halides is 1. The van der Waals surface area contributed by atoms with Gasteiger partial charge in [0.2, 0.25) is 5.79 Å². The molecule has 1 fully saturated rings. The van der Waals surface area contributed by atoms with E-state index in [0.717, 1.165) is 0 Å². The molecule has 5 nitrogen and oxygen atoms in total. The lowest BCUT2D eigenvalue weighted by molar-refractivity contribution is -0.326. The van der Waals surface area contributed by atoms with E-state index in [1.54, 1.807) is 42.5 Å². The molecule has 0 spiro atoms. The smallest absolute Gasteiger partial charge is 0.293 e. The number of benzene rings is 3. The zero-order valence-corrected chi connectivity index (χ0v) is 17.1. The van der Waals surface area contributed by atoms with Gasteiger partial charge in [-0.1, -0.05) is 91.0 Å². The monoisotopic (exact) mass is 441 g/mol. The van der Waals surface area contributed by atoms with Crippen molar-refractivity contribution in [2.45, 2.75) is 48.6 Å². The summed E-state index contributed by atoms with van der Waals surface area (Å²) in [6, 6.07) is 23.1. The largest absolute Gasteiger partial charge is 0.390 e. The highest BCUT2D eigenvalue weighted by atomic mass is 19.2. The third kappa shape index (κ3) is 4.08. The van der Waals surface area contributed by atoms with Crippen molar-refractivity contribution in [2.75, 3.05) is 0 Å². The van der Waals surface area contributed by atoms with Gasteiger partial charge in [-0.15, -0.1) is 0 Å². The Bertz CT molecular complexity index is 1120. The van der Waals surface area contributed by atoms with Crippen molar-refractivity contribution in [1.82, 2.24) is 0 Å². The van der Waals surface area contributed by atoms with Gasteiger partial charge in [-0.3, -0.25) is 0 Å². The minimum atomic E-state index is -4.09. The third-order valence-corrected chi connectivity index (χ3v) is 5.57. The first kappa shape index (κ1) is 18.9. The molecule has 0 amide bonds. The average molecular weight is 442 g/mol. The molecule has 1 heterocycles. The Morgan fingerprint density at radius 3 is 1.72 bits per heavy atom. The summed E-state index contributed by atoms with van der Waals surface area (Å²) in [7, 11) is 0. The first-order chi connectivity index (χ1) is 16.6. The van der Waals surface area contributed by atoms with E-state index in [2.05, 4.69) is 0 Å². The fourth-order valence-electron chi connectivity index (χ4n) is 3.90. The Hall–Kier alpha value is -2.61. The van der Waals surface area contributed by atoms with Gasteiger partial charge in [0.05, 0.1) is 6.10 Å². The Morgan fingerprint density at radius 2 is 1.22 bits per heavy atom. The Labute approximate surface area is 190 Å². The van der Waals surface area contributed by atoms with Crippen LogP contribution in [0.15, 0.2) is 91.0 Å². The van der Waals surface area contributed by atoms with E-state index >= 15 is 4.39 Å². The van der Waals surface area contributed by atoms with E-state index in [9.17, 15) is 20.4 Å². The molecule has 168 valence electrons. The zero-order chi connectivity index (χ0) is 25.4. The van der Waals surface area contributed by atoms with Crippen LogP contribution in [0.2, 0.25) is 0 Å². The second-order valence-corrected chi connectivity index (χ2v) is 7.86. The molecule has 4 N–H and O–H groups in total. The van der Waals surface area contributed by atoms with E-state index in [-0.39, 0.29) is 11.1 Å². The maximum absolute atomic E-state index is 16.4. The standard InChI is InChI=1S/C26H27FO5/c27-26(31)24(29,17-20-12-6-2-7-13-20)23(22(28)16-19-10-4-1-5-11-19)32-25(26,30)18-21-14-8-3-9-15-21/h1-15,22-23,28-31H,16-18H2/t22?,23-,24-,25?,26+/m1/s1/i16D,17D,18D/t16?,17?,18?,22?,23-,24-,25?,26+. The van der Waals surface area contributed by atoms with E-state index < -0.39 is 48.6 Å². The van der Waals surface area contributed by atoms with Crippen LogP contribution in [0.4, 0.5) is 4.39 Å². The molecule has 4 rings (SSSR count). The van der Waals surface area contributed by atoms with Gasteiger partial charge in [-0.2, -0.15) is 0 Å². The van der Waals surface area contributed by atoms with Crippen LogP contribution in [0.3, 0.4) is 0 Å². The predicted octanol–water partition coefficient (Wildman–Crippen LogP) is 2.55. The van der Waals surface area contributed by atoms with Crippen LogP contribution in [-0.4, -0.2) is 49.9 Å². The number of aliphatic hydroxyl groups is 4. The van der Waals surface area contributed by atoms with Gasteiger partial charge in [-0.25, -0.2) is 4.39 Å². The lowest BCUT2D eigenvalue weighted by atomic mass is 9.78. The normalized spacial score (nSPS) is 35.2. The van der Waals surface area contributed by atoms with Crippen molar-refractivity contribution in [1.29, 1.82) is 0 Å². The maximum atomic E-state index is 16.4. The highest BCUT2D eigenvalue weighted by molar-refractivity contribution is 5.27. The van der Waals surface area contributed by atoms with Crippen LogP contribution in [-0.2, 0) is 23.9 Å².